The molecule has 57 heavy (non-hydrogen) atoms. The molecule has 0 saturated carbocycles. The summed E-state index contributed by atoms with van der Waals surface area (Å²) in [6, 6.07) is 4.73. The maximum Gasteiger partial charge on any atom is 0.316 e. The molecule has 4 N–H and O–H groups in total. The van der Waals surface area contributed by atoms with Crippen LogP contribution < -0.4 is 5.73 Å². The summed E-state index contributed by atoms with van der Waals surface area (Å²) < 4.78 is 32.0. The lowest BCUT2D eigenvalue weighted by Gasteiger charge is -2.47. The summed E-state index contributed by atoms with van der Waals surface area (Å²) in [6.45, 7) is 12.5. The number of carbonyl (C=O) groups is 3. The third-order valence-electron chi connectivity index (χ3n) is 11.3. The Kier molecular flexibility index (Phi) is 15.5. The SMILES string of the molecule is CC[C@@H]1OC(=O)[C@H](C)C(=O)[C@H](C)[C@@H](O[C@@H]2O[C@H](C)C[C@H](N(C)C)[C@H]2O)[C@@]2(C)C[C@@H](C)C(=NC(C)=O)C[C@H](OC/C(=N/OCc3ccc(C#N)c(N)n3)CO2)[C@]1(C)O. The van der Waals surface area contributed by atoms with Crippen molar-refractivity contribution in [3.05, 3.63) is 23.4 Å². The number of cyclic esters (lactones) is 1. The maximum absolute atomic E-state index is 14.4. The van der Waals surface area contributed by atoms with Crippen LogP contribution in [0, 0.1) is 29.1 Å². The minimum atomic E-state index is -1.85. The minimum Gasteiger partial charge on any atom is -0.459 e. The summed E-state index contributed by atoms with van der Waals surface area (Å²) in [5.74, 6) is -4.66. The molecule has 12 atom stereocenters. The molecule has 17 nitrogen and oxygen atoms in total. The molecule has 0 aromatic carbocycles. The number of rotatable bonds is 7. The molecule has 3 fully saturated rings. The predicted octanol–water partition coefficient (Wildman–Crippen LogP) is 2.72. The number of aliphatic imine (C=N–C) groups is 1. The highest BCUT2D eigenvalue weighted by molar-refractivity contribution is 6.00. The summed E-state index contributed by atoms with van der Waals surface area (Å²) >= 11 is 0. The van der Waals surface area contributed by atoms with Gasteiger partial charge >= 0.3 is 5.97 Å². The number of pyridine rings is 1. The molecule has 0 radical (unpaired) electrons. The van der Waals surface area contributed by atoms with Crippen molar-refractivity contribution in [2.24, 2.45) is 27.9 Å². The second-order valence-electron chi connectivity index (χ2n) is 16.2. The number of nitrogen functional groups attached to an aromatic ring is 1. The molecule has 17 heteroatoms. The van der Waals surface area contributed by atoms with E-state index in [0.717, 1.165) is 0 Å². The van der Waals surface area contributed by atoms with E-state index in [1.807, 2.05) is 38.9 Å². The summed E-state index contributed by atoms with van der Waals surface area (Å²) in [5, 5.41) is 37.4. The van der Waals surface area contributed by atoms with E-state index in [4.69, 9.17) is 34.3 Å². The van der Waals surface area contributed by atoms with Gasteiger partial charge in [0.2, 0.25) is 5.91 Å². The van der Waals surface area contributed by atoms with Gasteiger partial charge in [0.25, 0.3) is 0 Å². The molecular formula is C40H60N6O11. The average Bonchev–Trinajstić information content (AvgIpc) is 3.16. The van der Waals surface area contributed by atoms with E-state index in [1.165, 1.54) is 26.8 Å². The van der Waals surface area contributed by atoms with Gasteiger partial charge in [-0.25, -0.2) is 9.98 Å². The number of nitrogens with zero attached hydrogens (tertiary/aromatic N) is 5. The number of esters is 1. The number of anilines is 1. The van der Waals surface area contributed by atoms with E-state index in [9.17, 15) is 29.9 Å². The Morgan fingerprint density at radius 2 is 1.88 bits per heavy atom. The van der Waals surface area contributed by atoms with Crippen LogP contribution in [0.3, 0.4) is 0 Å². The van der Waals surface area contributed by atoms with Crippen molar-refractivity contribution in [3.63, 3.8) is 0 Å². The minimum absolute atomic E-state index is 0.0387. The summed E-state index contributed by atoms with van der Waals surface area (Å²) in [6.07, 6.45) is -5.30. The number of oxime groups is 1. The van der Waals surface area contributed by atoms with Gasteiger partial charge in [0.15, 0.2) is 18.7 Å². The van der Waals surface area contributed by atoms with Gasteiger partial charge in [0.05, 0.1) is 48.4 Å². The molecule has 0 spiro atoms. The Bertz CT molecular complexity index is 1710. The topological polar surface area (TPSA) is 238 Å². The van der Waals surface area contributed by atoms with E-state index < -0.39 is 77.3 Å². The van der Waals surface area contributed by atoms with E-state index in [2.05, 4.69) is 15.1 Å². The van der Waals surface area contributed by atoms with Crippen LogP contribution in [0.5, 0.6) is 0 Å². The van der Waals surface area contributed by atoms with Crippen molar-refractivity contribution in [2.75, 3.05) is 33.0 Å². The molecule has 3 aliphatic heterocycles. The first-order valence-electron chi connectivity index (χ1n) is 19.5. The standard InChI is InChI=1S/C40H60N6O11/c1-11-31-40(8,51)32-15-29(43-25(6)47)21(2)16-39(7,53-19-28(18-52-32)45-54-20-27-13-12-26(17-41)36(42)44-27)35(23(4)33(48)24(5)37(50)56-31)57-38-34(49)30(46(9)10)14-22(3)55-38/h12-13,21-24,30-32,34-35,38,49,51H,11,14-16,18-20H2,1-10H3,(H2,42,44)/b43-29?,45-28-/t21-,22-,23+,24-,30+,31+,32+,34-,35-,38+,39-,40-/m1/s1. The smallest absolute Gasteiger partial charge is 0.316 e. The van der Waals surface area contributed by atoms with Crippen molar-refractivity contribution >= 4 is 34.9 Å². The van der Waals surface area contributed by atoms with E-state index in [0.29, 0.717) is 17.8 Å². The number of ketones is 1. The van der Waals surface area contributed by atoms with E-state index in [1.54, 1.807) is 26.8 Å². The second kappa shape index (κ2) is 19.2. The van der Waals surface area contributed by atoms with Crippen molar-refractivity contribution in [3.8, 4) is 6.07 Å². The number of nitriles is 1. The Morgan fingerprint density at radius 3 is 2.49 bits per heavy atom. The molecule has 2 bridgehead atoms. The lowest BCUT2D eigenvalue weighted by Crippen LogP contribution is -2.59. The number of aromatic nitrogens is 1. The number of ether oxygens (including phenoxy) is 5. The monoisotopic (exact) mass is 800 g/mol. The second-order valence-corrected chi connectivity index (χ2v) is 16.2. The number of hydrogen-bond acceptors (Lipinski definition) is 16. The largest absolute Gasteiger partial charge is 0.459 e. The van der Waals surface area contributed by atoms with Crippen molar-refractivity contribution in [1.82, 2.24) is 9.88 Å². The zero-order valence-corrected chi connectivity index (χ0v) is 34.8. The molecule has 3 saturated heterocycles. The maximum atomic E-state index is 14.4. The zero-order valence-electron chi connectivity index (χ0n) is 34.8. The summed E-state index contributed by atoms with van der Waals surface area (Å²) in [5.41, 5.74) is 3.85. The molecule has 0 unspecified atom stereocenters. The van der Waals surface area contributed by atoms with Crippen molar-refractivity contribution in [1.29, 1.82) is 5.26 Å². The normalized spacial score (nSPS) is 37.5. The van der Waals surface area contributed by atoms with Gasteiger partial charge in [0.1, 0.15) is 41.3 Å². The van der Waals surface area contributed by atoms with Crippen LogP contribution in [-0.4, -0.2) is 131 Å². The van der Waals surface area contributed by atoms with Gasteiger partial charge in [-0.15, -0.1) is 0 Å². The predicted molar refractivity (Wildman–Crippen MR) is 208 cm³/mol. The molecule has 3 aliphatic rings. The van der Waals surface area contributed by atoms with Crippen LogP contribution in [0.2, 0.25) is 0 Å². The molecular weight excluding hydrogens is 740 g/mol. The van der Waals surface area contributed by atoms with Crippen LogP contribution in [0.15, 0.2) is 22.3 Å². The third kappa shape index (κ3) is 11.0. The lowest BCUT2D eigenvalue weighted by atomic mass is 9.76. The van der Waals surface area contributed by atoms with Crippen LogP contribution in [0.1, 0.15) is 92.3 Å². The number of hydrogen-bond donors (Lipinski definition) is 3. The van der Waals surface area contributed by atoms with Gasteiger partial charge in [-0.2, -0.15) is 5.26 Å². The van der Waals surface area contributed by atoms with Crippen LogP contribution >= 0.6 is 0 Å². The number of nitrogens with two attached hydrogens (primary N) is 1. The first-order chi connectivity index (χ1) is 26.7. The number of aliphatic hydroxyl groups is 2. The van der Waals surface area contributed by atoms with Crippen LogP contribution in [-0.2, 0) is 49.5 Å². The van der Waals surface area contributed by atoms with Gasteiger partial charge < -0.3 is 49.4 Å². The van der Waals surface area contributed by atoms with Crippen molar-refractivity contribution in [2.45, 2.75) is 142 Å². The van der Waals surface area contributed by atoms with E-state index in [-0.39, 0.29) is 68.3 Å². The van der Waals surface area contributed by atoms with Gasteiger partial charge in [-0.1, -0.05) is 25.9 Å². The lowest BCUT2D eigenvalue weighted by molar-refractivity contribution is -0.296. The zero-order chi connectivity index (χ0) is 42.4. The molecule has 1 aromatic rings. The van der Waals surface area contributed by atoms with Crippen molar-refractivity contribution < 1.29 is 53.1 Å². The Labute approximate surface area is 334 Å². The van der Waals surface area contributed by atoms with Gasteiger partial charge in [0, 0.05) is 31.0 Å². The fourth-order valence-corrected chi connectivity index (χ4v) is 7.90. The number of amides is 1. The number of Topliss-reactive ketones (excluding diaryl/α,β-unsaturated/α-hetero) is 1. The molecule has 4 heterocycles. The average molecular weight is 801 g/mol. The van der Waals surface area contributed by atoms with E-state index >= 15 is 0 Å². The Hall–Kier alpha value is -3.89. The quantitative estimate of drug-likeness (QED) is 0.204. The summed E-state index contributed by atoms with van der Waals surface area (Å²) in [4.78, 5) is 57.0. The van der Waals surface area contributed by atoms with Gasteiger partial charge in [-0.3, -0.25) is 14.4 Å². The number of aliphatic hydroxyl groups excluding tert-OH is 1. The number of fused-ring (bicyclic) bond motifs is 5. The highest BCUT2D eigenvalue weighted by Crippen LogP contribution is 2.39. The number of carbonyl (C=O) groups excluding carboxylic acids is 3. The Morgan fingerprint density at radius 1 is 1.18 bits per heavy atom. The third-order valence-corrected chi connectivity index (χ3v) is 11.3. The molecule has 1 aromatic heterocycles. The highest BCUT2D eigenvalue weighted by atomic mass is 16.7. The molecule has 4 rings (SSSR count). The fraction of sp³-hybridized carbons (Fsp3) is 0.725. The van der Waals surface area contributed by atoms with Crippen LogP contribution in [0.4, 0.5) is 5.82 Å². The number of likely N-dealkylation sites (N-methyl/N-ethyl adjacent to an activating group) is 1. The summed E-state index contributed by atoms with van der Waals surface area (Å²) in [7, 11) is 3.70. The molecule has 1 amide bonds. The van der Waals surface area contributed by atoms with Crippen LogP contribution in [0.25, 0.3) is 0 Å². The van der Waals surface area contributed by atoms with Gasteiger partial charge in [-0.05, 0) is 79.1 Å². The first kappa shape index (κ1) is 45.8. The molecule has 316 valence electrons. The molecule has 0 aliphatic carbocycles. The Balaban J connectivity index is 1.90. The first-order valence-corrected chi connectivity index (χ1v) is 19.5. The highest BCUT2D eigenvalue weighted by Gasteiger charge is 2.51. The fourth-order valence-electron chi connectivity index (χ4n) is 7.90.